The fourth-order valence-electron chi connectivity index (χ4n) is 1.78. The molecule has 2 nitrogen and oxygen atoms in total. The topological polar surface area (TPSA) is 49.9 Å². The zero-order chi connectivity index (χ0) is 12.3. The van der Waals surface area contributed by atoms with E-state index < -0.39 is 0 Å². The van der Waals surface area contributed by atoms with E-state index in [2.05, 4.69) is 31.2 Å². The van der Waals surface area contributed by atoms with Crippen LogP contribution in [0.5, 0.6) is 0 Å². The molecule has 0 aliphatic heterocycles. The lowest BCUT2D eigenvalue weighted by Gasteiger charge is -2.04. The van der Waals surface area contributed by atoms with E-state index in [1.165, 1.54) is 11.1 Å². The van der Waals surface area contributed by atoms with Crippen molar-refractivity contribution in [3.63, 3.8) is 0 Å². The molecule has 0 spiro atoms. The number of nitrogens with one attached hydrogen (secondary N) is 1. The van der Waals surface area contributed by atoms with Gasteiger partial charge in [-0.3, -0.25) is 5.41 Å². The van der Waals surface area contributed by atoms with Gasteiger partial charge < -0.3 is 5.73 Å². The smallest absolute Gasteiger partial charge is 0.122 e. The summed E-state index contributed by atoms with van der Waals surface area (Å²) in [5.41, 5.74) is 9.87. The van der Waals surface area contributed by atoms with E-state index >= 15 is 0 Å². The molecule has 2 rings (SSSR count). The third-order valence-electron chi connectivity index (χ3n) is 2.89. The Hall–Kier alpha value is -1.80. The van der Waals surface area contributed by atoms with Gasteiger partial charge in [0.05, 0.1) is 0 Å². The molecule has 0 saturated heterocycles. The maximum atomic E-state index is 7.34. The van der Waals surface area contributed by atoms with E-state index in [1.54, 1.807) is 0 Å². The van der Waals surface area contributed by atoms with Crippen LogP contribution in [-0.4, -0.2) is 5.84 Å². The van der Waals surface area contributed by atoms with Gasteiger partial charge in [0.25, 0.3) is 0 Å². The van der Waals surface area contributed by atoms with Gasteiger partial charge in [0.2, 0.25) is 0 Å². The number of hydrogen-bond donors (Lipinski definition) is 2. The number of halogens is 1. The van der Waals surface area contributed by atoms with Gasteiger partial charge in [-0.15, -0.1) is 12.4 Å². The van der Waals surface area contributed by atoms with E-state index in [0.717, 1.165) is 17.5 Å². The van der Waals surface area contributed by atoms with Crippen molar-refractivity contribution in [1.82, 2.24) is 0 Å². The summed E-state index contributed by atoms with van der Waals surface area (Å²) in [6, 6.07) is 16.3. The van der Waals surface area contributed by atoms with Crippen molar-refractivity contribution in [2.45, 2.75) is 13.3 Å². The van der Waals surface area contributed by atoms with Crippen LogP contribution in [0.3, 0.4) is 0 Å². The molecule has 0 aliphatic carbocycles. The minimum atomic E-state index is 0. The second-order valence-electron chi connectivity index (χ2n) is 4.04. The fraction of sp³-hybridized carbons (Fsp3) is 0.133. The summed E-state index contributed by atoms with van der Waals surface area (Å²) < 4.78 is 0. The average molecular weight is 261 g/mol. The molecule has 3 heteroatoms. The van der Waals surface area contributed by atoms with Crippen LogP contribution in [0.2, 0.25) is 0 Å². The van der Waals surface area contributed by atoms with E-state index in [0.29, 0.717) is 0 Å². The molecule has 0 radical (unpaired) electrons. The van der Waals surface area contributed by atoms with Gasteiger partial charge in [-0.25, -0.2) is 0 Å². The van der Waals surface area contributed by atoms with Crippen LogP contribution in [0, 0.1) is 5.41 Å². The highest BCUT2D eigenvalue weighted by Crippen LogP contribution is 2.20. The Labute approximate surface area is 114 Å². The summed E-state index contributed by atoms with van der Waals surface area (Å²) in [4.78, 5) is 0. The first-order valence-corrected chi connectivity index (χ1v) is 5.74. The van der Waals surface area contributed by atoms with Crippen LogP contribution >= 0.6 is 12.4 Å². The lowest BCUT2D eigenvalue weighted by atomic mass is 10.0. The van der Waals surface area contributed by atoms with Crippen LogP contribution in [0.1, 0.15) is 18.1 Å². The summed E-state index contributed by atoms with van der Waals surface area (Å²) >= 11 is 0. The highest BCUT2D eigenvalue weighted by Gasteiger charge is 1.99. The van der Waals surface area contributed by atoms with Gasteiger partial charge in [-0.1, -0.05) is 55.5 Å². The molecule has 0 aromatic heterocycles. The van der Waals surface area contributed by atoms with Crippen molar-refractivity contribution in [2.75, 3.05) is 0 Å². The fourth-order valence-corrected chi connectivity index (χ4v) is 1.78. The zero-order valence-electron chi connectivity index (χ0n) is 10.3. The predicted octanol–water partition coefficient (Wildman–Crippen LogP) is 3.62. The average Bonchev–Trinajstić information content (AvgIpc) is 2.39. The minimum absolute atomic E-state index is 0. The number of hydrogen-bond acceptors (Lipinski definition) is 1. The van der Waals surface area contributed by atoms with E-state index in [-0.39, 0.29) is 18.2 Å². The summed E-state index contributed by atoms with van der Waals surface area (Å²) in [5.74, 6) is 0.109. The number of amidine groups is 1. The quantitative estimate of drug-likeness (QED) is 0.643. The molecule has 94 valence electrons. The van der Waals surface area contributed by atoms with Crippen LogP contribution in [-0.2, 0) is 6.42 Å². The first-order chi connectivity index (χ1) is 8.20. The Bertz CT molecular complexity index is 515. The number of nitrogens with two attached hydrogens (primary N) is 1. The predicted molar refractivity (Wildman–Crippen MR) is 79.5 cm³/mol. The van der Waals surface area contributed by atoms with Gasteiger partial charge in [-0.2, -0.15) is 0 Å². The van der Waals surface area contributed by atoms with Crippen molar-refractivity contribution in [1.29, 1.82) is 5.41 Å². The van der Waals surface area contributed by atoms with Crippen molar-refractivity contribution in [3.05, 3.63) is 59.7 Å². The van der Waals surface area contributed by atoms with Crippen molar-refractivity contribution < 1.29 is 0 Å². The lowest BCUT2D eigenvalue weighted by Crippen LogP contribution is -2.10. The Balaban J connectivity index is 0.00000162. The Morgan fingerprint density at radius 3 is 1.78 bits per heavy atom. The summed E-state index contributed by atoms with van der Waals surface area (Å²) in [7, 11) is 0. The van der Waals surface area contributed by atoms with Crippen LogP contribution < -0.4 is 5.73 Å². The number of aryl methyl sites for hydroxylation is 1. The lowest BCUT2D eigenvalue weighted by molar-refractivity contribution is 1.14. The molecule has 0 heterocycles. The van der Waals surface area contributed by atoms with Crippen molar-refractivity contribution in [2.24, 2.45) is 5.73 Å². The summed E-state index contributed by atoms with van der Waals surface area (Å²) in [5, 5.41) is 7.34. The summed E-state index contributed by atoms with van der Waals surface area (Å²) in [6.07, 6.45) is 1.06. The largest absolute Gasteiger partial charge is 0.384 e. The molecule has 2 aromatic carbocycles. The molecule has 18 heavy (non-hydrogen) atoms. The zero-order valence-corrected chi connectivity index (χ0v) is 11.1. The Kier molecular flexibility index (Phi) is 4.93. The van der Waals surface area contributed by atoms with Crippen molar-refractivity contribution in [3.8, 4) is 11.1 Å². The molecular formula is C15H17ClN2. The molecule has 0 atom stereocenters. The standard InChI is InChI=1S/C15H16N2.ClH/c1-2-11-3-5-12(6-4-11)13-7-9-14(10-8-13)15(16)17;/h3-10H,2H2,1H3,(H3,16,17);1H. The third kappa shape index (κ3) is 3.11. The van der Waals surface area contributed by atoms with E-state index in [9.17, 15) is 0 Å². The SMILES string of the molecule is CCc1ccc(-c2ccc(C(=N)N)cc2)cc1.Cl. The first kappa shape index (κ1) is 14.3. The molecule has 0 amide bonds. The van der Waals surface area contributed by atoms with Crippen LogP contribution in [0.15, 0.2) is 48.5 Å². The van der Waals surface area contributed by atoms with Gasteiger partial charge >= 0.3 is 0 Å². The second kappa shape index (κ2) is 6.22. The Morgan fingerprint density at radius 1 is 0.944 bits per heavy atom. The molecule has 0 aliphatic rings. The molecule has 0 fully saturated rings. The summed E-state index contributed by atoms with van der Waals surface area (Å²) in [6.45, 7) is 2.15. The van der Waals surface area contributed by atoms with E-state index in [4.69, 9.17) is 11.1 Å². The molecule has 0 unspecified atom stereocenters. The van der Waals surface area contributed by atoms with E-state index in [1.807, 2.05) is 24.3 Å². The number of rotatable bonds is 3. The number of benzene rings is 2. The highest BCUT2D eigenvalue weighted by molar-refractivity contribution is 5.95. The van der Waals surface area contributed by atoms with Gasteiger partial charge in [0, 0.05) is 5.56 Å². The number of nitrogen functional groups attached to an aromatic ring is 1. The third-order valence-corrected chi connectivity index (χ3v) is 2.89. The molecule has 2 aromatic rings. The minimum Gasteiger partial charge on any atom is -0.384 e. The van der Waals surface area contributed by atoms with Gasteiger partial charge in [0.1, 0.15) is 5.84 Å². The maximum Gasteiger partial charge on any atom is 0.122 e. The Morgan fingerprint density at radius 2 is 1.39 bits per heavy atom. The van der Waals surface area contributed by atoms with Crippen molar-refractivity contribution >= 4 is 18.2 Å². The maximum absolute atomic E-state index is 7.34. The van der Waals surface area contributed by atoms with Crippen LogP contribution in [0.25, 0.3) is 11.1 Å². The molecular weight excluding hydrogens is 244 g/mol. The molecule has 0 saturated carbocycles. The van der Waals surface area contributed by atoms with Gasteiger partial charge in [0.15, 0.2) is 0 Å². The first-order valence-electron chi connectivity index (χ1n) is 5.74. The molecule has 3 N–H and O–H groups in total. The monoisotopic (exact) mass is 260 g/mol. The van der Waals surface area contributed by atoms with Gasteiger partial charge in [-0.05, 0) is 23.1 Å². The molecule has 0 bridgehead atoms. The normalized spacial score (nSPS) is 9.61. The van der Waals surface area contributed by atoms with Crippen LogP contribution in [0.4, 0.5) is 0 Å². The highest BCUT2D eigenvalue weighted by atomic mass is 35.5. The second-order valence-corrected chi connectivity index (χ2v) is 4.04.